The van der Waals surface area contributed by atoms with Crippen LogP contribution in [0.4, 0.5) is 5.69 Å². The summed E-state index contributed by atoms with van der Waals surface area (Å²) in [5.41, 5.74) is 4.26. The van der Waals surface area contributed by atoms with Gasteiger partial charge in [-0.2, -0.15) is 5.10 Å². The minimum atomic E-state index is -0.484. The van der Waals surface area contributed by atoms with Gasteiger partial charge >= 0.3 is 0 Å². The second-order valence-electron chi connectivity index (χ2n) is 4.53. The number of nitrogens with one attached hydrogen (secondary N) is 1. The third-order valence-corrected chi connectivity index (χ3v) is 3.17. The Bertz CT molecular complexity index is 742. The molecule has 0 radical (unpaired) electrons. The highest BCUT2D eigenvalue weighted by atomic mass is 35.5. The van der Waals surface area contributed by atoms with Crippen molar-refractivity contribution < 1.29 is 9.72 Å². The molecule has 2 aromatic carbocycles. The highest BCUT2D eigenvalue weighted by molar-refractivity contribution is 6.33. The molecule has 0 heterocycles. The number of amides is 1. The summed E-state index contributed by atoms with van der Waals surface area (Å²) in [5.74, 6) is -0.428. The number of non-ortho nitro benzene ring substituents is 1. The van der Waals surface area contributed by atoms with Crippen molar-refractivity contribution in [2.45, 2.75) is 6.92 Å². The third-order valence-electron chi connectivity index (χ3n) is 2.85. The molecule has 0 saturated carbocycles. The molecule has 0 aliphatic carbocycles. The summed E-state index contributed by atoms with van der Waals surface area (Å²) in [6.45, 7) is 1.88. The fourth-order valence-corrected chi connectivity index (χ4v) is 2.03. The zero-order valence-corrected chi connectivity index (χ0v) is 12.4. The lowest BCUT2D eigenvalue weighted by molar-refractivity contribution is -0.384. The Kier molecular flexibility index (Phi) is 4.85. The van der Waals surface area contributed by atoms with E-state index < -0.39 is 10.8 Å². The number of rotatable bonds is 4. The standard InChI is InChI=1S/C15H12ClN3O3/c1-10-2-7-13(14(16)8-10)15(20)18-17-9-11-3-5-12(6-4-11)19(21)22/h2-9H,1H3,(H,18,20)/b17-9+. The van der Waals surface area contributed by atoms with Crippen LogP contribution < -0.4 is 5.43 Å². The number of carbonyl (C=O) groups excluding carboxylic acids is 1. The summed E-state index contributed by atoms with van der Waals surface area (Å²) in [6, 6.07) is 10.9. The molecule has 0 aliphatic rings. The van der Waals surface area contributed by atoms with Crippen LogP contribution in [0, 0.1) is 17.0 Å². The molecule has 112 valence electrons. The van der Waals surface area contributed by atoms with Crippen molar-refractivity contribution in [1.29, 1.82) is 0 Å². The molecule has 0 bridgehead atoms. The summed E-state index contributed by atoms with van der Waals surface area (Å²) in [5, 5.41) is 14.7. The minimum absolute atomic E-state index is 0.00683. The van der Waals surface area contributed by atoms with Gasteiger partial charge in [0.15, 0.2) is 0 Å². The van der Waals surface area contributed by atoms with Crippen LogP contribution in [-0.4, -0.2) is 17.0 Å². The van der Waals surface area contributed by atoms with E-state index in [1.165, 1.54) is 30.5 Å². The molecule has 2 rings (SSSR count). The summed E-state index contributed by atoms with van der Waals surface area (Å²) in [4.78, 5) is 22.0. The Hall–Kier alpha value is -2.73. The lowest BCUT2D eigenvalue weighted by atomic mass is 10.1. The zero-order chi connectivity index (χ0) is 16.1. The number of nitro groups is 1. The molecule has 0 aliphatic heterocycles. The molecule has 2 aromatic rings. The molecule has 1 amide bonds. The first-order valence-corrected chi connectivity index (χ1v) is 6.69. The van der Waals surface area contributed by atoms with Crippen LogP contribution in [0.3, 0.4) is 0 Å². The first-order valence-electron chi connectivity index (χ1n) is 6.31. The van der Waals surface area contributed by atoms with Gasteiger partial charge in [-0.3, -0.25) is 14.9 Å². The lowest BCUT2D eigenvalue weighted by Gasteiger charge is -2.03. The van der Waals surface area contributed by atoms with Gasteiger partial charge in [0.2, 0.25) is 0 Å². The van der Waals surface area contributed by atoms with Gasteiger partial charge in [-0.1, -0.05) is 17.7 Å². The SMILES string of the molecule is Cc1ccc(C(=O)N/N=C/c2ccc([N+](=O)[O-])cc2)c(Cl)c1. The number of hydrogen-bond donors (Lipinski definition) is 1. The topological polar surface area (TPSA) is 84.6 Å². The van der Waals surface area contributed by atoms with E-state index in [1.54, 1.807) is 18.2 Å². The Morgan fingerprint density at radius 1 is 1.27 bits per heavy atom. The maximum atomic E-state index is 11.9. The summed E-state index contributed by atoms with van der Waals surface area (Å²) in [6.07, 6.45) is 1.39. The first kappa shape index (κ1) is 15.7. The third kappa shape index (κ3) is 3.89. The van der Waals surface area contributed by atoms with Crippen molar-refractivity contribution in [1.82, 2.24) is 5.43 Å². The average molecular weight is 318 g/mol. The number of aryl methyl sites for hydroxylation is 1. The zero-order valence-electron chi connectivity index (χ0n) is 11.6. The molecule has 6 nitrogen and oxygen atoms in total. The Morgan fingerprint density at radius 2 is 1.95 bits per heavy atom. The van der Waals surface area contributed by atoms with E-state index in [4.69, 9.17) is 11.6 Å². The van der Waals surface area contributed by atoms with Crippen LogP contribution in [0.2, 0.25) is 5.02 Å². The maximum Gasteiger partial charge on any atom is 0.272 e. The fraction of sp³-hybridized carbons (Fsp3) is 0.0667. The predicted molar refractivity (Wildman–Crippen MR) is 84.3 cm³/mol. The van der Waals surface area contributed by atoms with E-state index in [1.807, 2.05) is 6.92 Å². The predicted octanol–water partition coefficient (Wildman–Crippen LogP) is 3.32. The van der Waals surface area contributed by atoms with Gasteiger partial charge < -0.3 is 0 Å². The number of benzene rings is 2. The summed E-state index contributed by atoms with van der Waals surface area (Å²) >= 11 is 5.99. The van der Waals surface area contributed by atoms with Gasteiger partial charge in [-0.15, -0.1) is 0 Å². The average Bonchev–Trinajstić information content (AvgIpc) is 2.47. The molecule has 0 spiro atoms. The van der Waals surface area contributed by atoms with Gasteiger partial charge in [0.1, 0.15) is 0 Å². The second kappa shape index (κ2) is 6.82. The van der Waals surface area contributed by atoms with Crippen molar-refractivity contribution in [2.75, 3.05) is 0 Å². The molecule has 0 unspecified atom stereocenters. The van der Waals surface area contributed by atoms with E-state index >= 15 is 0 Å². The molecule has 0 saturated heterocycles. The normalized spacial score (nSPS) is 10.6. The smallest absolute Gasteiger partial charge is 0.267 e. The summed E-state index contributed by atoms with van der Waals surface area (Å²) < 4.78 is 0. The van der Waals surface area contributed by atoms with Crippen LogP contribution in [0.15, 0.2) is 47.6 Å². The van der Waals surface area contributed by atoms with Crippen LogP contribution >= 0.6 is 11.6 Å². The number of hydrazone groups is 1. The molecule has 7 heteroatoms. The molecule has 1 N–H and O–H groups in total. The second-order valence-corrected chi connectivity index (χ2v) is 4.94. The Balaban J connectivity index is 2.02. The van der Waals surface area contributed by atoms with E-state index in [0.717, 1.165) is 5.56 Å². The maximum absolute atomic E-state index is 11.9. The highest BCUT2D eigenvalue weighted by Crippen LogP contribution is 2.17. The minimum Gasteiger partial charge on any atom is -0.267 e. The van der Waals surface area contributed by atoms with Gasteiger partial charge in [-0.05, 0) is 42.3 Å². The van der Waals surface area contributed by atoms with Crippen LogP contribution in [-0.2, 0) is 0 Å². The van der Waals surface area contributed by atoms with E-state index in [9.17, 15) is 14.9 Å². The van der Waals surface area contributed by atoms with E-state index in [0.29, 0.717) is 16.1 Å². The number of hydrogen-bond acceptors (Lipinski definition) is 4. The monoisotopic (exact) mass is 317 g/mol. The number of nitrogens with zero attached hydrogens (tertiary/aromatic N) is 2. The summed E-state index contributed by atoms with van der Waals surface area (Å²) in [7, 11) is 0. The lowest BCUT2D eigenvalue weighted by Crippen LogP contribution is -2.18. The first-order chi connectivity index (χ1) is 10.5. The van der Waals surface area contributed by atoms with Gasteiger partial charge in [0.05, 0.1) is 21.7 Å². The quantitative estimate of drug-likeness (QED) is 0.533. The van der Waals surface area contributed by atoms with Crippen LogP contribution in [0.5, 0.6) is 0 Å². The fourth-order valence-electron chi connectivity index (χ4n) is 1.71. The Labute approximate surface area is 131 Å². The van der Waals surface area contributed by atoms with Gasteiger partial charge in [0.25, 0.3) is 11.6 Å². The molecular weight excluding hydrogens is 306 g/mol. The van der Waals surface area contributed by atoms with Gasteiger partial charge in [-0.25, -0.2) is 5.43 Å². The number of halogens is 1. The molecular formula is C15H12ClN3O3. The molecule has 0 aromatic heterocycles. The van der Waals surface area contributed by atoms with Crippen molar-refractivity contribution >= 4 is 29.4 Å². The van der Waals surface area contributed by atoms with Crippen LogP contribution in [0.1, 0.15) is 21.5 Å². The molecule has 0 atom stereocenters. The van der Waals surface area contributed by atoms with Crippen molar-refractivity contribution in [2.24, 2.45) is 5.10 Å². The van der Waals surface area contributed by atoms with Crippen LogP contribution in [0.25, 0.3) is 0 Å². The van der Waals surface area contributed by atoms with Crippen molar-refractivity contribution in [3.63, 3.8) is 0 Å². The molecule has 0 fully saturated rings. The number of carbonyl (C=O) groups is 1. The highest BCUT2D eigenvalue weighted by Gasteiger charge is 2.09. The largest absolute Gasteiger partial charge is 0.272 e. The Morgan fingerprint density at radius 3 is 2.55 bits per heavy atom. The van der Waals surface area contributed by atoms with E-state index in [2.05, 4.69) is 10.5 Å². The number of nitro benzene ring substituents is 1. The molecule has 22 heavy (non-hydrogen) atoms. The van der Waals surface area contributed by atoms with E-state index in [-0.39, 0.29) is 5.69 Å². The van der Waals surface area contributed by atoms with Crippen molar-refractivity contribution in [3.05, 3.63) is 74.3 Å². The van der Waals surface area contributed by atoms with Crippen molar-refractivity contribution in [3.8, 4) is 0 Å². The van der Waals surface area contributed by atoms with Gasteiger partial charge in [0, 0.05) is 12.1 Å².